The molecule has 1 amide bonds. The summed E-state index contributed by atoms with van der Waals surface area (Å²) < 4.78 is 0. The maximum Gasteiger partial charge on any atom is 0.269 e. The molecule has 0 spiro atoms. The van der Waals surface area contributed by atoms with Gasteiger partial charge in [-0.1, -0.05) is 24.7 Å². The Bertz CT molecular complexity index is 928. The Labute approximate surface area is 159 Å². The Balaban J connectivity index is 1.88. The molecule has 27 heavy (non-hydrogen) atoms. The average Bonchev–Trinajstić information content (AvgIpc) is 3.19. The van der Waals surface area contributed by atoms with E-state index in [1.807, 2.05) is 19.1 Å². The number of pyridine rings is 1. The van der Waals surface area contributed by atoms with E-state index in [-0.39, 0.29) is 11.6 Å². The zero-order valence-corrected chi connectivity index (χ0v) is 15.4. The van der Waals surface area contributed by atoms with Crippen molar-refractivity contribution in [1.29, 1.82) is 0 Å². The van der Waals surface area contributed by atoms with E-state index in [4.69, 9.17) is 0 Å². The number of benzene rings is 1. The number of nitro groups is 1. The molecule has 0 aliphatic carbocycles. The number of carbonyl (C=O) groups excluding carboxylic acids is 1. The minimum absolute atomic E-state index is 0.0532. The van der Waals surface area contributed by atoms with Crippen LogP contribution in [0.25, 0.3) is 10.6 Å². The van der Waals surface area contributed by atoms with E-state index in [0.717, 1.165) is 18.4 Å². The van der Waals surface area contributed by atoms with Crippen LogP contribution in [0, 0.1) is 10.1 Å². The number of rotatable bonds is 7. The predicted octanol–water partition coefficient (Wildman–Crippen LogP) is 3.96. The molecule has 138 valence electrons. The second-order valence-electron chi connectivity index (χ2n) is 5.74. The highest BCUT2D eigenvalue weighted by Gasteiger charge is 2.22. The standard InChI is InChI=1S/C18H17N5O3S/c1-2-3-12-22(17(24)14-4-6-15(7-5-14)23(25)26)18-21-20-16(27-18)13-8-10-19-11-9-13/h4-11H,2-3,12H2,1H3. The molecule has 0 radical (unpaired) electrons. The van der Waals surface area contributed by atoms with Gasteiger partial charge < -0.3 is 0 Å². The van der Waals surface area contributed by atoms with Gasteiger partial charge in [0.25, 0.3) is 11.6 Å². The largest absolute Gasteiger partial charge is 0.283 e. The molecule has 1 aromatic carbocycles. The van der Waals surface area contributed by atoms with Crippen molar-refractivity contribution in [2.75, 3.05) is 11.4 Å². The molecule has 0 atom stereocenters. The molecule has 0 bridgehead atoms. The molecule has 2 heterocycles. The van der Waals surface area contributed by atoms with Crippen LogP contribution in [0.15, 0.2) is 48.8 Å². The summed E-state index contributed by atoms with van der Waals surface area (Å²) in [6.07, 6.45) is 5.07. The highest BCUT2D eigenvalue weighted by Crippen LogP contribution is 2.29. The molecular weight excluding hydrogens is 366 g/mol. The summed E-state index contributed by atoms with van der Waals surface area (Å²) in [6.45, 7) is 2.54. The summed E-state index contributed by atoms with van der Waals surface area (Å²) in [6, 6.07) is 9.24. The number of hydrogen-bond acceptors (Lipinski definition) is 7. The zero-order valence-electron chi connectivity index (χ0n) is 14.6. The highest BCUT2D eigenvalue weighted by atomic mass is 32.1. The van der Waals surface area contributed by atoms with E-state index >= 15 is 0 Å². The molecule has 0 saturated heterocycles. The van der Waals surface area contributed by atoms with Gasteiger partial charge in [0, 0.05) is 42.2 Å². The fraction of sp³-hybridized carbons (Fsp3) is 0.222. The number of hydrogen-bond donors (Lipinski definition) is 0. The van der Waals surface area contributed by atoms with Crippen LogP contribution in [0.5, 0.6) is 0 Å². The SMILES string of the molecule is CCCCN(C(=O)c1ccc([N+](=O)[O-])cc1)c1nnc(-c2ccncc2)s1. The highest BCUT2D eigenvalue weighted by molar-refractivity contribution is 7.18. The second-order valence-corrected chi connectivity index (χ2v) is 6.70. The van der Waals surface area contributed by atoms with Crippen molar-refractivity contribution in [3.8, 4) is 10.6 Å². The van der Waals surface area contributed by atoms with Gasteiger partial charge in [0.2, 0.25) is 5.13 Å². The van der Waals surface area contributed by atoms with E-state index in [9.17, 15) is 14.9 Å². The smallest absolute Gasteiger partial charge is 0.269 e. The topological polar surface area (TPSA) is 102 Å². The van der Waals surface area contributed by atoms with Gasteiger partial charge in [-0.25, -0.2) is 0 Å². The lowest BCUT2D eigenvalue weighted by Gasteiger charge is -2.19. The van der Waals surface area contributed by atoms with Gasteiger partial charge in [0.05, 0.1) is 4.92 Å². The summed E-state index contributed by atoms with van der Waals surface area (Å²) in [7, 11) is 0. The Morgan fingerprint density at radius 2 is 1.85 bits per heavy atom. The Hall–Kier alpha value is -3.20. The van der Waals surface area contributed by atoms with Gasteiger partial charge in [0.1, 0.15) is 5.01 Å². The fourth-order valence-corrected chi connectivity index (χ4v) is 3.29. The van der Waals surface area contributed by atoms with E-state index in [1.165, 1.54) is 35.6 Å². The minimum Gasteiger partial charge on any atom is -0.283 e. The van der Waals surface area contributed by atoms with Crippen molar-refractivity contribution in [3.05, 3.63) is 64.5 Å². The Morgan fingerprint density at radius 3 is 2.48 bits per heavy atom. The van der Waals surface area contributed by atoms with Crippen LogP contribution in [0.2, 0.25) is 0 Å². The fourth-order valence-electron chi connectivity index (χ4n) is 2.42. The number of non-ortho nitro benzene ring substituents is 1. The number of nitro benzene ring substituents is 1. The van der Waals surface area contributed by atoms with Crippen LogP contribution >= 0.6 is 11.3 Å². The molecule has 0 N–H and O–H groups in total. The maximum atomic E-state index is 13.0. The van der Waals surface area contributed by atoms with Crippen LogP contribution in [0.4, 0.5) is 10.8 Å². The van der Waals surface area contributed by atoms with Gasteiger partial charge in [-0.05, 0) is 30.7 Å². The van der Waals surface area contributed by atoms with Gasteiger partial charge >= 0.3 is 0 Å². The van der Waals surface area contributed by atoms with Crippen molar-refractivity contribution in [3.63, 3.8) is 0 Å². The van der Waals surface area contributed by atoms with Gasteiger partial charge in [-0.3, -0.25) is 24.8 Å². The molecule has 3 rings (SSSR count). The van der Waals surface area contributed by atoms with Crippen LogP contribution in [-0.4, -0.2) is 32.6 Å². The predicted molar refractivity (Wildman–Crippen MR) is 103 cm³/mol. The van der Waals surface area contributed by atoms with Crippen LogP contribution in [-0.2, 0) is 0 Å². The molecule has 9 heteroatoms. The van der Waals surface area contributed by atoms with Crippen molar-refractivity contribution < 1.29 is 9.72 Å². The first-order valence-electron chi connectivity index (χ1n) is 8.40. The summed E-state index contributed by atoms with van der Waals surface area (Å²) in [4.78, 5) is 28.8. The lowest BCUT2D eigenvalue weighted by Crippen LogP contribution is -2.31. The molecule has 8 nitrogen and oxygen atoms in total. The number of nitrogens with zero attached hydrogens (tertiary/aromatic N) is 5. The third-order valence-corrected chi connectivity index (χ3v) is 4.87. The minimum atomic E-state index is -0.491. The van der Waals surface area contributed by atoms with Gasteiger partial charge in [-0.15, -0.1) is 10.2 Å². The first kappa shape index (κ1) is 18.6. The second kappa shape index (κ2) is 8.45. The van der Waals surface area contributed by atoms with Crippen molar-refractivity contribution >= 4 is 28.1 Å². The summed E-state index contributed by atoms with van der Waals surface area (Å²) >= 11 is 1.32. The van der Waals surface area contributed by atoms with E-state index < -0.39 is 4.92 Å². The molecule has 3 aromatic rings. The third-order valence-electron chi connectivity index (χ3n) is 3.88. The molecule has 2 aromatic heterocycles. The Morgan fingerprint density at radius 1 is 1.15 bits per heavy atom. The van der Waals surface area contributed by atoms with Crippen molar-refractivity contribution in [2.45, 2.75) is 19.8 Å². The first-order chi connectivity index (χ1) is 13.1. The molecule has 0 saturated carbocycles. The molecule has 0 aliphatic heterocycles. The molecular formula is C18H17N5O3S. The zero-order chi connectivity index (χ0) is 19.2. The normalized spacial score (nSPS) is 10.6. The number of aromatic nitrogens is 3. The van der Waals surface area contributed by atoms with Crippen LogP contribution in [0.3, 0.4) is 0 Å². The number of unbranched alkanes of at least 4 members (excludes halogenated alkanes) is 1. The summed E-state index contributed by atoms with van der Waals surface area (Å²) in [5.74, 6) is -0.254. The van der Waals surface area contributed by atoms with Gasteiger partial charge in [-0.2, -0.15) is 0 Å². The summed E-state index contributed by atoms with van der Waals surface area (Å²) in [5, 5.41) is 20.4. The summed E-state index contributed by atoms with van der Waals surface area (Å²) in [5.41, 5.74) is 1.20. The Kier molecular flexibility index (Phi) is 5.82. The molecule has 0 unspecified atom stereocenters. The molecule has 0 aliphatic rings. The maximum absolute atomic E-state index is 13.0. The van der Waals surface area contributed by atoms with E-state index in [0.29, 0.717) is 22.2 Å². The third kappa shape index (κ3) is 4.32. The first-order valence-corrected chi connectivity index (χ1v) is 9.22. The lowest BCUT2D eigenvalue weighted by molar-refractivity contribution is -0.384. The number of amides is 1. The lowest BCUT2D eigenvalue weighted by atomic mass is 10.2. The molecule has 0 fully saturated rings. The van der Waals surface area contributed by atoms with Crippen LogP contribution < -0.4 is 4.90 Å². The quantitative estimate of drug-likeness (QED) is 0.452. The van der Waals surface area contributed by atoms with Gasteiger partial charge in [0.15, 0.2) is 0 Å². The van der Waals surface area contributed by atoms with Crippen molar-refractivity contribution in [1.82, 2.24) is 15.2 Å². The van der Waals surface area contributed by atoms with E-state index in [1.54, 1.807) is 17.3 Å². The van der Waals surface area contributed by atoms with Crippen molar-refractivity contribution in [2.24, 2.45) is 0 Å². The monoisotopic (exact) mass is 383 g/mol. The number of anilines is 1. The average molecular weight is 383 g/mol. The van der Waals surface area contributed by atoms with Crippen LogP contribution in [0.1, 0.15) is 30.1 Å². The van der Waals surface area contributed by atoms with E-state index in [2.05, 4.69) is 15.2 Å². The number of carbonyl (C=O) groups is 1.